The van der Waals surface area contributed by atoms with E-state index >= 15 is 0 Å². The van der Waals surface area contributed by atoms with E-state index in [9.17, 15) is 0 Å². The molecule has 0 spiro atoms. The Morgan fingerprint density at radius 3 is 1.38 bits per heavy atom. The summed E-state index contributed by atoms with van der Waals surface area (Å²) >= 11 is 0. The van der Waals surface area contributed by atoms with Crippen LogP contribution in [0.4, 0.5) is 11.4 Å². The van der Waals surface area contributed by atoms with Gasteiger partial charge in [-0.05, 0) is 48.2 Å². The summed E-state index contributed by atoms with van der Waals surface area (Å²) in [6.45, 7) is 0. The number of para-hydroxylation sites is 2. The van der Waals surface area contributed by atoms with Gasteiger partial charge < -0.3 is 10.6 Å². The predicted molar refractivity (Wildman–Crippen MR) is 168 cm³/mol. The van der Waals surface area contributed by atoms with Crippen LogP contribution in [0, 0.1) is 0 Å². The summed E-state index contributed by atoms with van der Waals surface area (Å²) in [5, 5.41) is 10.1. The maximum Gasteiger partial charge on any atom is 0.0933 e. The van der Waals surface area contributed by atoms with Crippen LogP contribution < -0.4 is 10.6 Å². The number of hydrogen-bond donors (Lipinski definition) is 2. The molecule has 40 heavy (non-hydrogen) atoms. The topological polar surface area (TPSA) is 49.8 Å². The molecule has 2 aromatic heterocycles. The lowest BCUT2D eigenvalue weighted by atomic mass is 9.89. The van der Waals surface area contributed by atoms with Gasteiger partial charge in [-0.2, -0.15) is 0 Å². The smallest absolute Gasteiger partial charge is 0.0933 e. The molecule has 4 aromatic carbocycles. The van der Waals surface area contributed by atoms with E-state index in [4.69, 9.17) is 9.97 Å². The summed E-state index contributed by atoms with van der Waals surface area (Å²) in [7, 11) is 0. The van der Waals surface area contributed by atoms with Crippen molar-refractivity contribution in [2.75, 3.05) is 10.6 Å². The summed E-state index contributed by atoms with van der Waals surface area (Å²) in [5.74, 6) is 0. The van der Waals surface area contributed by atoms with Gasteiger partial charge in [-0.3, -0.25) is 9.97 Å². The average molecular weight is 521 g/mol. The van der Waals surface area contributed by atoms with Crippen LogP contribution in [0.3, 0.4) is 0 Å². The van der Waals surface area contributed by atoms with Crippen molar-refractivity contribution >= 4 is 33.2 Å². The van der Waals surface area contributed by atoms with Gasteiger partial charge in [-0.15, -0.1) is 0 Å². The fourth-order valence-corrected chi connectivity index (χ4v) is 6.01. The van der Waals surface area contributed by atoms with Crippen LogP contribution >= 0.6 is 0 Å². The number of nitrogens with zero attached hydrogens (tertiary/aromatic N) is 2. The molecule has 0 unspecified atom stereocenters. The second-order valence-corrected chi connectivity index (χ2v) is 10.7. The number of rotatable bonds is 6. The summed E-state index contributed by atoms with van der Waals surface area (Å²) in [6.07, 6.45) is 8.66. The molecular formula is C36H32N4. The van der Waals surface area contributed by atoms with E-state index < -0.39 is 0 Å². The molecule has 1 fully saturated rings. The van der Waals surface area contributed by atoms with Crippen molar-refractivity contribution in [3.05, 3.63) is 122 Å². The minimum Gasteiger partial charge on any atom is -0.378 e. The molecule has 2 N–H and O–H groups in total. The highest BCUT2D eigenvalue weighted by Gasteiger charge is 2.26. The number of nitrogens with one attached hydrogen (secondary N) is 2. The maximum atomic E-state index is 4.91. The number of pyridine rings is 2. The van der Waals surface area contributed by atoms with Crippen LogP contribution in [0.15, 0.2) is 122 Å². The molecule has 4 nitrogen and oxygen atoms in total. The molecule has 1 aliphatic carbocycles. The Bertz CT molecular complexity index is 1630. The third-order valence-corrected chi connectivity index (χ3v) is 8.08. The number of benzene rings is 4. The van der Waals surface area contributed by atoms with Gasteiger partial charge in [-0.25, -0.2) is 0 Å². The van der Waals surface area contributed by atoms with Gasteiger partial charge in [0.25, 0.3) is 0 Å². The fraction of sp³-hybridized carbons (Fsp3) is 0.167. The second kappa shape index (κ2) is 10.8. The SMILES string of the molecule is c1ccc(-c2cnc3c(N[C@H]4CCCC[C@@H]4Nc4cccc5cc(-c6ccccc6)cnc45)cccc3c2)cc1. The largest absolute Gasteiger partial charge is 0.378 e. The van der Waals surface area contributed by atoms with Crippen LogP contribution in [0.25, 0.3) is 44.1 Å². The second-order valence-electron chi connectivity index (χ2n) is 10.7. The zero-order chi connectivity index (χ0) is 26.7. The van der Waals surface area contributed by atoms with Gasteiger partial charge in [0.2, 0.25) is 0 Å². The Kier molecular flexibility index (Phi) is 6.58. The summed E-state index contributed by atoms with van der Waals surface area (Å²) in [4.78, 5) is 9.83. The van der Waals surface area contributed by atoms with Crippen LogP contribution in [0.2, 0.25) is 0 Å². The third-order valence-electron chi connectivity index (χ3n) is 8.08. The molecule has 0 bridgehead atoms. The van der Waals surface area contributed by atoms with Gasteiger partial charge in [0.1, 0.15) is 0 Å². The van der Waals surface area contributed by atoms with Crippen molar-refractivity contribution < 1.29 is 0 Å². The Hall–Kier alpha value is -4.70. The maximum absolute atomic E-state index is 4.91. The first-order chi connectivity index (χ1) is 19.8. The monoisotopic (exact) mass is 520 g/mol. The molecule has 4 heteroatoms. The van der Waals surface area contributed by atoms with Gasteiger partial charge in [0, 0.05) is 46.4 Å². The highest BCUT2D eigenvalue weighted by molar-refractivity contribution is 5.94. The molecule has 2 atom stereocenters. The normalized spacial score (nSPS) is 17.1. The summed E-state index contributed by atoms with van der Waals surface area (Å²) in [6, 6.07) is 38.9. The van der Waals surface area contributed by atoms with Crippen molar-refractivity contribution in [3.63, 3.8) is 0 Å². The van der Waals surface area contributed by atoms with Gasteiger partial charge in [0.05, 0.1) is 22.4 Å². The molecular weight excluding hydrogens is 488 g/mol. The fourth-order valence-electron chi connectivity index (χ4n) is 6.01. The molecule has 6 aromatic rings. The first-order valence-electron chi connectivity index (χ1n) is 14.2. The lowest BCUT2D eigenvalue weighted by Crippen LogP contribution is -2.41. The molecule has 196 valence electrons. The number of hydrogen-bond acceptors (Lipinski definition) is 4. The van der Waals surface area contributed by atoms with Crippen LogP contribution in [-0.2, 0) is 0 Å². The zero-order valence-electron chi connectivity index (χ0n) is 22.4. The van der Waals surface area contributed by atoms with Gasteiger partial charge >= 0.3 is 0 Å². The number of aromatic nitrogens is 2. The van der Waals surface area contributed by atoms with Gasteiger partial charge in [-0.1, -0.05) is 97.8 Å². The quantitative estimate of drug-likeness (QED) is 0.230. The predicted octanol–water partition coefficient (Wildman–Crippen LogP) is 8.95. The Morgan fingerprint density at radius 1 is 0.475 bits per heavy atom. The van der Waals surface area contributed by atoms with E-state index in [0.717, 1.165) is 57.1 Å². The molecule has 0 aliphatic heterocycles. The van der Waals surface area contributed by atoms with E-state index in [1.54, 1.807) is 0 Å². The molecule has 1 aliphatic rings. The van der Waals surface area contributed by atoms with E-state index in [1.807, 2.05) is 24.5 Å². The molecule has 0 amide bonds. The van der Waals surface area contributed by atoms with E-state index in [2.05, 4.69) is 108 Å². The zero-order valence-corrected chi connectivity index (χ0v) is 22.4. The summed E-state index contributed by atoms with van der Waals surface area (Å²) < 4.78 is 0. The number of fused-ring (bicyclic) bond motifs is 2. The first kappa shape index (κ1) is 24.3. The molecule has 2 heterocycles. The van der Waals surface area contributed by atoms with E-state index in [-0.39, 0.29) is 0 Å². The Morgan fingerprint density at radius 2 is 0.925 bits per heavy atom. The lowest BCUT2D eigenvalue weighted by Gasteiger charge is -2.34. The van der Waals surface area contributed by atoms with Crippen molar-refractivity contribution in [2.24, 2.45) is 0 Å². The highest BCUT2D eigenvalue weighted by Crippen LogP contribution is 2.32. The molecule has 0 radical (unpaired) electrons. The third kappa shape index (κ3) is 4.89. The van der Waals surface area contributed by atoms with Crippen molar-refractivity contribution in [1.82, 2.24) is 9.97 Å². The standard InChI is InChI=1S/C36H32N4/c1-3-11-25(12-4-1)29-21-27-15-9-19-33(35(27)37-23-29)39-31-17-7-8-18-32(31)40-34-20-10-16-28-22-30(24-38-36(28)34)26-13-5-2-6-14-26/h1-6,9-16,19-24,31-32,39-40H,7-8,17-18H2/t31-,32-/m0/s1. The minimum absolute atomic E-state index is 0.300. The highest BCUT2D eigenvalue weighted by atomic mass is 15.0. The van der Waals surface area contributed by atoms with Crippen LogP contribution in [-0.4, -0.2) is 22.1 Å². The molecule has 0 saturated heterocycles. The van der Waals surface area contributed by atoms with Crippen LogP contribution in [0.1, 0.15) is 25.7 Å². The van der Waals surface area contributed by atoms with E-state index in [1.165, 1.54) is 24.0 Å². The van der Waals surface area contributed by atoms with Gasteiger partial charge in [0.15, 0.2) is 0 Å². The van der Waals surface area contributed by atoms with Crippen LogP contribution in [0.5, 0.6) is 0 Å². The van der Waals surface area contributed by atoms with E-state index in [0.29, 0.717) is 12.1 Å². The Balaban J connectivity index is 1.15. The van der Waals surface area contributed by atoms with Crippen molar-refractivity contribution in [3.8, 4) is 22.3 Å². The minimum atomic E-state index is 0.300. The van der Waals surface area contributed by atoms with Crippen molar-refractivity contribution in [2.45, 2.75) is 37.8 Å². The van der Waals surface area contributed by atoms with Crippen molar-refractivity contribution in [1.29, 1.82) is 0 Å². The Labute approximate surface area is 235 Å². The summed E-state index contributed by atoms with van der Waals surface area (Å²) in [5.41, 5.74) is 8.89. The lowest BCUT2D eigenvalue weighted by molar-refractivity contribution is 0.424. The first-order valence-corrected chi connectivity index (χ1v) is 14.2. The molecule has 7 rings (SSSR count). The number of anilines is 2. The molecule has 1 saturated carbocycles. The average Bonchev–Trinajstić information content (AvgIpc) is 3.02.